The normalized spacial score (nSPS) is 11.6. The molecule has 2 N–H and O–H groups in total. The number of rotatable bonds is 6. The van der Waals surface area contributed by atoms with Crippen LogP contribution in [0.3, 0.4) is 0 Å². The van der Waals surface area contributed by atoms with Crippen LogP contribution in [0.5, 0.6) is 5.75 Å². The number of hydrogen-bond donors (Lipinski definition) is 2. The fourth-order valence-electron chi connectivity index (χ4n) is 2.91. The van der Waals surface area contributed by atoms with E-state index in [1.165, 1.54) is 7.11 Å². The van der Waals surface area contributed by atoms with Gasteiger partial charge in [0, 0.05) is 29.4 Å². The number of aliphatic hydroxyl groups is 1. The molecule has 0 unspecified atom stereocenters. The molecule has 3 rings (SSSR count). The first-order chi connectivity index (χ1) is 12.9. The Kier molecular flexibility index (Phi) is 5.19. The third-order valence-corrected chi connectivity index (χ3v) is 4.32. The van der Waals surface area contributed by atoms with E-state index in [0.717, 1.165) is 11.1 Å². The molecule has 0 aliphatic carbocycles. The summed E-state index contributed by atoms with van der Waals surface area (Å²) in [6.07, 6.45) is 2.34. The second-order valence-corrected chi connectivity index (χ2v) is 6.29. The first-order valence-corrected chi connectivity index (χ1v) is 8.37. The lowest BCUT2D eigenvalue weighted by Gasteiger charge is -2.07. The van der Waals surface area contributed by atoms with Gasteiger partial charge in [-0.05, 0) is 29.8 Å². The second kappa shape index (κ2) is 7.55. The van der Waals surface area contributed by atoms with E-state index in [1.807, 2.05) is 34.9 Å². The van der Waals surface area contributed by atoms with Gasteiger partial charge in [0.25, 0.3) is 5.78 Å². The summed E-state index contributed by atoms with van der Waals surface area (Å²) >= 11 is 6.05. The molecule has 1 heterocycles. The molecule has 0 saturated heterocycles. The quantitative estimate of drug-likeness (QED) is 0.381. The number of halogens is 1. The number of hydrogen-bond acceptors (Lipinski definition) is 4. The molecule has 3 aromatic rings. The van der Waals surface area contributed by atoms with Crippen LogP contribution >= 0.6 is 11.6 Å². The van der Waals surface area contributed by atoms with Crippen molar-refractivity contribution in [2.45, 2.75) is 6.54 Å². The zero-order valence-electron chi connectivity index (χ0n) is 14.3. The van der Waals surface area contributed by atoms with Crippen LogP contribution in [0.4, 0.5) is 0 Å². The van der Waals surface area contributed by atoms with Gasteiger partial charge in [0.2, 0.25) is 0 Å². The monoisotopic (exact) mass is 385 g/mol. The molecular weight excluding hydrogens is 370 g/mol. The summed E-state index contributed by atoms with van der Waals surface area (Å²) in [5.41, 5.74) is 2.00. The highest BCUT2D eigenvalue weighted by Crippen LogP contribution is 2.34. The molecule has 1 aromatic heterocycles. The zero-order valence-corrected chi connectivity index (χ0v) is 15.1. The summed E-state index contributed by atoms with van der Waals surface area (Å²) in [6.45, 7) is 0.463. The number of aliphatic hydroxyl groups excluding tert-OH is 1. The molecule has 0 spiro atoms. The lowest BCUT2D eigenvalue weighted by atomic mass is 10.1. The zero-order chi connectivity index (χ0) is 19.6. The fourth-order valence-corrected chi connectivity index (χ4v) is 3.12. The molecule has 27 heavy (non-hydrogen) atoms. The Hall–Kier alpha value is -3.25. The lowest BCUT2D eigenvalue weighted by molar-refractivity contribution is -0.146. The number of methoxy groups -OCH3 is 1. The van der Waals surface area contributed by atoms with Crippen molar-refractivity contribution in [1.82, 2.24) is 4.57 Å². The predicted molar refractivity (Wildman–Crippen MR) is 102 cm³/mol. The van der Waals surface area contributed by atoms with Gasteiger partial charge in [0.05, 0.1) is 18.0 Å². The van der Waals surface area contributed by atoms with Gasteiger partial charge in [-0.25, -0.2) is 4.79 Å². The number of nitrogens with zero attached hydrogens (tertiary/aromatic N) is 1. The Labute approximate surface area is 159 Å². The highest BCUT2D eigenvalue weighted by Gasteiger charge is 2.18. The van der Waals surface area contributed by atoms with Crippen molar-refractivity contribution in [3.05, 3.63) is 70.9 Å². The average Bonchev–Trinajstić information content (AvgIpc) is 3.00. The van der Waals surface area contributed by atoms with Crippen LogP contribution in [-0.2, 0) is 16.1 Å². The minimum atomic E-state index is -1.64. The van der Waals surface area contributed by atoms with E-state index < -0.39 is 17.5 Å². The van der Waals surface area contributed by atoms with Crippen molar-refractivity contribution in [3.8, 4) is 5.75 Å². The number of aliphatic carboxylic acids is 1. The standard InChI is InChI=1S/C20H16ClNO5/c1-27-18-7-3-6-15-19(18)14(16(23)9-17(24)20(25)26)11-22(15)10-12-4-2-5-13(21)8-12/h2-9,11,23H,10H2,1H3,(H,25,26). The summed E-state index contributed by atoms with van der Waals surface area (Å²) in [7, 11) is 1.50. The van der Waals surface area contributed by atoms with Gasteiger partial charge in [-0.15, -0.1) is 0 Å². The first-order valence-electron chi connectivity index (χ1n) is 7.99. The second-order valence-electron chi connectivity index (χ2n) is 5.85. The van der Waals surface area contributed by atoms with E-state index in [0.29, 0.717) is 34.3 Å². The van der Waals surface area contributed by atoms with E-state index in [1.54, 1.807) is 18.3 Å². The molecule has 0 aliphatic rings. The third kappa shape index (κ3) is 3.80. The van der Waals surface area contributed by atoms with Crippen molar-refractivity contribution in [3.63, 3.8) is 0 Å². The van der Waals surface area contributed by atoms with Crippen molar-refractivity contribution >= 4 is 40.0 Å². The molecule has 0 fully saturated rings. The fraction of sp³-hybridized carbons (Fsp3) is 0.100. The minimum Gasteiger partial charge on any atom is -0.507 e. The Morgan fingerprint density at radius 2 is 1.93 bits per heavy atom. The molecule has 0 amide bonds. The largest absolute Gasteiger partial charge is 0.507 e. The van der Waals surface area contributed by atoms with Crippen LogP contribution in [0.25, 0.3) is 16.7 Å². The van der Waals surface area contributed by atoms with Crippen molar-refractivity contribution < 1.29 is 24.5 Å². The number of ether oxygens (including phenoxy) is 1. The SMILES string of the molecule is COc1cccc2c1c(C(O)=CC(=O)C(=O)O)cn2Cc1cccc(Cl)c1. The smallest absolute Gasteiger partial charge is 0.376 e. The van der Waals surface area contributed by atoms with Gasteiger partial charge in [-0.2, -0.15) is 0 Å². The number of carboxylic acids is 1. The molecule has 7 heteroatoms. The van der Waals surface area contributed by atoms with Crippen LogP contribution < -0.4 is 4.74 Å². The Balaban J connectivity index is 2.16. The molecule has 2 aromatic carbocycles. The maximum absolute atomic E-state index is 11.5. The van der Waals surface area contributed by atoms with Crippen LogP contribution in [-0.4, -0.2) is 33.6 Å². The Morgan fingerprint density at radius 1 is 1.19 bits per heavy atom. The van der Waals surface area contributed by atoms with E-state index in [4.69, 9.17) is 21.4 Å². The number of carboxylic acid groups (broad SMARTS) is 1. The molecule has 0 radical (unpaired) electrons. The van der Waals surface area contributed by atoms with Crippen LogP contribution in [0.2, 0.25) is 5.02 Å². The number of carbonyl (C=O) groups is 2. The average molecular weight is 386 g/mol. The number of carbonyl (C=O) groups excluding carboxylic acids is 1. The molecule has 0 atom stereocenters. The van der Waals surface area contributed by atoms with Crippen molar-refractivity contribution in [1.29, 1.82) is 0 Å². The molecule has 0 bridgehead atoms. The maximum Gasteiger partial charge on any atom is 0.376 e. The summed E-state index contributed by atoms with van der Waals surface area (Å²) in [6, 6.07) is 12.7. The highest BCUT2D eigenvalue weighted by atomic mass is 35.5. The first kappa shape index (κ1) is 18.5. The Morgan fingerprint density at radius 3 is 2.59 bits per heavy atom. The van der Waals surface area contributed by atoms with Crippen LogP contribution in [0.1, 0.15) is 11.1 Å². The summed E-state index contributed by atoms with van der Waals surface area (Å²) in [5.74, 6) is -2.80. The van der Waals surface area contributed by atoms with Crippen LogP contribution in [0, 0.1) is 0 Å². The number of benzene rings is 2. The molecule has 6 nitrogen and oxygen atoms in total. The maximum atomic E-state index is 11.5. The number of aromatic nitrogens is 1. The van der Waals surface area contributed by atoms with E-state index >= 15 is 0 Å². The third-order valence-electron chi connectivity index (χ3n) is 4.08. The Bertz CT molecular complexity index is 1070. The van der Waals surface area contributed by atoms with Gasteiger partial charge >= 0.3 is 5.97 Å². The van der Waals surface area contributed by atoms with E-state index in [9.17, 15) is 14.7 Å². The summed E-state index contributed by atoms with van der Waals surface area (Å²) in [4.78, 5) is 22.2. The van der Waals surface area contributed by atoms with Crippen molar-refractivity contribution in [2.75, 3.05) is 7.11 Å². The highest BCUT2D eigenvalue weighted by molar-refractivity contribution is 6.38. The molecule has 0 aliphatic heterocycles. The number of ketones is 1. The van der Waals surface area contributed by atoms with Gasteiger partial charge < -0.3 is 19.5 Å². The van der Waals surface area contributed by atoms with Gasteiger partial charge in [-0.3, -0.25) is 4.79 Å². The van der Waals surface area contributed by atoms with Crippen molar-refractivity contribution in [2.24, 2.45) is 0 Å². The lowest BCUT2D eigenvalue weighted by Crippen LogP contribution is -2.09. The van der Waals surface area contributed by atoms with Gasteiger partial charge in [0.1, 0.15) is 11.5 Å². The molecule has 0 saturated carbocycles. The van der Waals surface area contributed by atoms with Crippen LogP contribution in [0.15, 0.2) is 54.7 Å². The van der Waals surface area contributed by atoms with Gasteiger partial charge in [-0.1, -0.05) is 29.8 Å². The summed E-state index contributed by atoms with van der Waals surface area (Å²) in [5, 5.41) is 20.3. The van der Waals surface area contributed by atoms with E-state index in [2.05, 4.69) is 0 Å². The number of fused-ring (bicyclic) bond motifs is 1. The topological polar surface area (TPSA) is 88.8 Å². The molecule has 138 valence electrons. The van der Waals surface area contributed by atoms with Gasteiger partial charge in [0.15, 0.2) is 0 Å². The molecular formula is C20H16ClNO5. The summed E-state index contributed by atoms with van der Waals surface area (Å²) < 4.78 is 7.25. The van der Waals surface area contributed by atoms with E-state index in [-0.39, 0.29) is 0 Å². The minimum absolute atomic E-state index is 0.305. The predicted octanol–water partition coefficient (Wildman–Crippen LogP) is 3.90.